The molecule has 0 aliphatic carbocycles. The lowest BCUT2D eigenvalue weighted by Crippen LogP contribution is -2.39. The zero-order valence-electron chi connectivity index (χ0n) is 10.4. The maximum atomic E-state index is 12.3. The van der Waals surface area contributed by atoms with Crippen molar-refractivity contribution in [3.8, 4) is 5.75 Å². The molecule has 6 heteroatoms. The number of phenolic OH excluding ortho intramolecular Hbond substituents is 1. The first-order chi connectivity index (χ1) is 9.56. The standard InChI is InChI=1S/C14H13NO5/c16-8-3-1-2-7(6-8)15-13(17)11-9-4-5-10(20-9)12(11)14(18)19/h1-6,9-12,16H,(H,15,17)(H,18,19). The van der Waals surface area contributed by atoms with Crippen LogP contribution in [-0.4, -0.2) is 34.3 Å². The number of benzene rings is 1. The number of phenols is 1. The van der Waals surface area contributed by atoms with Gasteiger partial charge in [-0.15, -0.1) is 0 Å². The van der Waals surface area contributed by atoms with E-state index in [1.807, 2.05) is 0 Å². The van der Waals surface area contributed by atoms with Crippen LogP contribution in [0.5, 0.6) is 5.75 Å². The molecule has 2 aliphatic heterocycles. The normalized spacial score (nSPS) is 30.4. The van der Waals surface area contributed by atoms with Crippen LogP contribution < -0.4 is 5.32 Å². The lowest BCUT2D eigenvalue weighted by Gasteiger charge is -2.21. The maximum Gasteiger partial charge on any atom is 0.310 e. The average molecular weight is 275 g/mol. The van der Waals surface area contributed by atoms with E-state index in [0.29, 0.717) is 5.69 Å². The van der Waals surface area contributed by atoms with E-state index in [-0.39, 0.29) is 5.75 Å². The summed E-state index contributed by atoms with van der Waals surface area (Å²) in [5.41, 5.74) is 0.422. The number of aromatic hydroxyl groups is 1. The molecule has 4 unspecified atom stereocenters. The third-order valence-corrected chi connectivity index (χ3v) is 3.60. The minimum absolute atomic E-state index is 0.0293. The molecule has 20 heavy (non-hydrogen) atoms. The minimum atomic E-state index is -1.04. The van der Waals surface area contributed by atoms with Crippen molar-refractivity contribution >= 4 is 17.6 Å². The number of hydrogen-bond acceptors (Lipinski definition) is 4. The Balaban J connectivity index is 1.80. The van der Waals surface area contributed by atoms with Crippen LogP contribution in [0, 0.1) is 11.8 Å². The summed E-state index contributed by atoms with van der Waals surface area (Å²) in [6.45, 7) is 0. The zero-order chi connectivity index (χ0) is 14.3. The SMILES string of the molecule is O=C(O)C1C2C=CC(O2)C1C(=O)Nc1cccc(O)c1. The van der Waals surface area contributed by atoms with Gasteiger partial charge in [0.25, 0.3) is 0 Å². The van der Waals surface area contributed by atoms with Crippen LogP contribution in [0.2, 0.25) is 0 Å². The van der Waals surface area contributed by atoms with Crippen molar-refractivity contribution in [1.29, 1.82) is 0 Å². The van der Waals surface area contributed by atoms with Crippen LogP contribution in [0.3, 0.4) is 0 Å². The highest BCUT2D eigenvalue weighted by Gasteiger charge is 2.53. The molecule has 2 bridgehead atoms. The van der Waals surface area contributed by atoms with E-state index < -0.39 is 35.9 Å². The Kier molecular flexibility index (Phi) is 2.94. The van der Waals surface area contributed by atoms with E-state index in [2.05, 4.69) is 5.32 Å². The maximum absolute atomic E-state index is 12.3. The molecule has 3 rings (SSSR count). The summed E-state index contributed by atoms with van der Waals surface area (Å²) >= 11 is 0. The highest BCUT2D eigenvalue weighted by atomic mass is 16.5. The van der Waals surface area contributed by atoms with E-state index in [1.54, 1.807) is 24.3 Å². The van der Waals surface area contributed by atoms with Crippen molar-refractivity contribution in [2.75, 3.05) is 5.32 Å². The second-order valence-corrected chi connectivity index (χ2v) is 4.88. The third-order valence-electron chi connectivity index (χ3n) is 3.60. The summed E-state index contributed by atoms with van der Waals surface area (Å²) in [4.78, 5) is 23.5. The zero-order valence-corrected chi connectivity index (χ0v) is 10.4. The van der Waals surface area contributed by atoms with Crippen molar-refractivity contribution in [3.05, 3.63) is 36.4 Å². The molecule has 2 heterocycles. The molecule has 1 aromatic rings. The number of carboxylic acid groups (broad SMARTS) is 1. The first-order valence-electron chi connectivity index (χ1n) is 6.23. The Morgan fingerprint density at radius 3 is 2.50 bits per heavy atom. The van der Waals surface area contributed by atoms with Gasteiger partial charge >= 0.3 is 5.97 Å². The fourth-order valence-electron chi connectivity index (χ4n) is 2.72. The first kappa shape index (κ1) is 12.7. The Hall–Kier alpha value is -2.34. The van der Waals surface area contributed by atoms with Gasteiger partial charge in [-0.3, -0.25) is 9.59 Å². The number of nitrogens with one attached hydrogen (secondary N) is 1. The van der Waals surface area contributed by atoms with Crippen LogP contribution in [0.15, 0.2) is 36.4 Å². The molecule has 0 radical (unpaired) electrons. The summed E-state index contributed by atoms with van der Waals surface area (Å²) in [7, 11) is 0. The van der Waals surface area contributed by atoms with E-state index in [4.69, 9.17) is 4.74 Å². The highest BCUT2D eigenvalue weighted by Crippen LogP contribution is 2.39. The van der Waals surface area contributed by atoms with Crippen molar-refractivity contribution in [1.82, 2.24) is 0 Å². The van der Waals surface area contributed by atoms with Crippen molar-refractivity contribution < 1.29 is 24.5 Å². The quantitative estimate of drug-likeness (QED) is 0.715. The molecular weight excluding hydrogens is 262 g/mol. The van der Waals surface area contributed by atoms with E-state index in [0.717, 1.165) is 0 Å². The summed E-state index contributed by atoms with van der Waals surface area (Å²) in [5.74, 6) is -3.06. The number of fused-ring (bicyclic) bond motifs is 2. The van der Waals surface area contributed by atoms with Crippen LogP contribution >= 0.6 is 0 Å². The first-order valence-corrected chi connectivity index (χ1v) is 6.23. The minimum Gasteiger partial charge on any atom is -0.508 e. The monoisotopic (exact) mass is 275 g/mol. The van der Waals surface area contributed by atoms with Gasteiger partial charge in [0.05, 0.1) is 18.1 Å². The summed E-state index contributed by atoms with van der Waals surface area (Å²) in [6, 6.07) is 6.10. The van der Waals surface area contributed by atoms with Gasteiger partial charge in [-0.05, 0) is 12.1 Å². The molecule has 104 valence electrons. The fraction of sp³-hybridized carbons (Fsp3) is 0.286. The second-order valence-electron chi connectivity index (χ2n) is 4.88. The molecule has 2 aliphatic rings. The van der Waals surface area contributed by atoms with Crippen LogP contribution in [0.25, 0.3) is 0 Å². The van der Waals surface area contributed by atoms with Crippen LogP contribution in [0.4, 0.5) is 5.69 Å². The topological polar surface area (TPSA) is 95.9 Å². The lowest BCUT2D eigenvalue weighted by atomic mass is 9.82. The second kappa shape index (κ2) is 4.64. The molecular formula is C14H13NO5. The lowest BCUT2D eigenvalue weighted by molar-refractivity contribution is -0.145. The number of carbonyl (C=O) groups excluding carboxylic acids is 1. The molecule has 1 saturated heterocycles. The van der Waals surface area contributed by atoms with Gasteiger partial charge < -0.3 is 20.3 Å². The van der Waals surface area contributed by atoms with Crippen molar-refractivity contribution in [3.63, 3.8) is 0 Å². The van der Waals surface area contributed by atoms with E-state index >= 15 is 0 Å². The van der Waals surface area contributed by atoms with Crippen LogP contribution in [-0.2, 0) is 14.3 Å². The molecule has 3 N–H and O–H groups in total. The number of carboxylic acids is 1. The molecule has 0 aromatic heterocycles. The number of amides is 1. The number of carbonyl (C=O) groups is 2. The Morgan fingerprint density at radius 1 is 1.15 bits per heavy atom. The largest absolute Gasteiger partial charge is 0.508 e. The van der Waals surface area contributed by atoms with Gasteiger partial charge in [-0.1, -0.05) is 18.2 Å². The van der Waals surface area contributed by atoms with Gasteiger partial charge in [0.2, 0.25) is 5.91 Å². The number of hydrogen-bond donors (Lipinski definition) is 3. The van der Waals surface area contributed by atoms with Crippen molar-refractivity contribution in [2.24, 2.45) is 11.8 Å². The third kappa shape index (κ3) is 2.04. The molecule has 6 nitrogen and oxygen atoms in total. The van der Waals surface area contributed by atoms with E-state index in [9.17, 15) is 19.8 Å². The molecule has 1 aromatic carbocycles. The highest BCUT2D eigenvalue weighted by molar-refractivity contribution is 5.96. The molecule has 4 atom stereocenters. The van der Waals surface area contributed by atoms with Gasteiger partial charge in [0.15, 0.2) is 0 Å². The van der Waals surface area contributed by atoms with E-state index in [1.165, 1.54) is 12.1 Å². The molecule has 0 spiro atoms. The van der Waals surface area contributed by atoms with Crippen molar-refractivity contribution in [2.45, 2.75) is 12.2 Å². The number of ether oxygens (including phenoxy) is 1. The molecule has 1 amide bonds. The number of anilines is 1. The van der Waals surface area contributed by atoms with Gasteiger partial charge in [0, 0.05) is 11.8 Å². The van der Waals surface area contributed by atoms with Crippen LogP contribution in [0.1, 0.15) is 0 Å². The summed E-state index contributed by atoms with van der Waals surface area (Å²) in [6.07, 6.45) is 2.36. The summed E-state index contributed by atoms with van der Waals surface area (Å²) < 4.78 is 5.44. The average Bonchev–Trinajstić information content (AvgIpc) is 2.98. The predicted octanol–water partition coefficient (Wildman–Crippen LogP) is 0.985. The fourth-order valence-corrected chi connectivity index (χ4v) is 2.72. The van der Waals surface area contributed by atoms with Gasteiger partial charge in [0.1, 0.15) is 11.7 Å². The smallest absolute Gasteiger partial charge is 0.310 e. The number of aliphatic carboxylic acids is 1. The number of rotatable bonds is 3. The van der Waals surface area contributed by atoms with Gasteiger partial charge in [-0.2, -0.15) is 0 Å². The molecule has 0 saturated carbocycles. The Labute approximate surface area is 114 Å². The Morgan fingerprint density at radius 2 is 1.85 bits per heavy atom. The van der Waals surface area contributed by atoms with Gasteiger partial charge in [-0.25, -0.2) is 0 Å². The predicted molar refractivity (Wildman–Crippen MR) is 69.2 cm³/mol. The molecule has 1 fully saturated rings. The Bertz CT molecular complexity index is 597. The summed E-state index contributed by atoms with van der Waals surface area (Å²) in [5, 5.41) is 21.2.